The van der Waals surface area contributed by atoms with Gasteiger partial charge >= 0.3 is 6.09 Å². The summed E-state index contributed by atoms with van der Waals surface area (Å²) in [5, 5.41) is 16.3. The average molecular weight is 530 g/mol. The highest BCUT2D eigenvalue weighted by Gasteiger charge is 2.37. The van der Waals surface area contributed by atoms with Crippen LogP contribution in [0.25, 0.3) is 0 Å². The monoisotopic (exact) mass is 529 g/mol. The Bertz CT molecular complexity index is 1080. The van der Waals surface area contributed by atoms with Crippen molar-refractivity contribution < 1.29 is 24.2 Å². The third-order valence-electron chi connectivity index (χ3n) is 5.73. The molecule has 0 bridgehead atoms. The molecule has 0 aliphatic heterocycles. The number of hydrogen-bond donors (Lipinski definition) is 4. The van der Waals surface area contributed by atoms with Crippen LogP contribution >= 0.6 is 12.6 Å². The van der Waals surface area contributed by atoms with Crippen LogP contribution in [-0.4, -0.2) is 51.9 Å². The number of anilines is 1. The van der Waals surface area contributed by atoms with Crippen molar-refractivity contribution in [3.63, 3.8) is 0 Å². The fourth-order valence-electron chi connectivity index (χ4n) is 3.90. The number of unbranched alkanes of at least 4 members (excludes halogenated alkanes) is 1. The molecule has 0 spiro atoms. The lowest BCUT2D eigenvalue weighted by Gasteiger charge is -2.34. The first-order valence-corrected chi connectivity index (χ1v) is 13.1. The van der Waals surface area contributed by atoms with Crippen molar-refractivity contribution in [2.45, 2.75) is 72.1 Å². The number of para-hydroxylation sites is 2. The zero-order chi connectivity index (χ0) is 27.8. The molecule has 2 aromatic rings. The van der Waals surface area contributed by atoms with Crippen molar-refractivity contribution in [2.75, 3.05) is 17.6 Å². The molecule has 37 heavy (non-hydrogen) atoms. The van der Waals surface area contributed by atoms with E-state index in [0.29, 0.717) is 12.1 Å². The van der Waals surface area contributed by atoms with Crippen LogP contribution in [0.15, 0.2) is 42.5 Å². The van der Waals surface area contributed by atoms with Gasteiger partial charge in [0, 0.05) is 23.5 Å². The molecule has 3 N–H and O–H groups in total. The van der Waals surface area contributed by atoms with Gasteiger partial charge < -0.3 is 25.4 Å². The van der Waals surface area contributed by atoms with E-state index in [1.54, 1.807) is 39.0 Å². The first kappa shape index (κ1) is 30.0. The molecule has 0 saturated carbocycles. The lowest BCUT2D eigenvalue weighted by molar-refractivity contribution is -0.140. The Morgan fingerprint density at radius 3 is 2.22 bits per heavy atom. The molecule has 0 radical (unpaired) electrons. The van der Waals surface area contributed by atoms with Gasteiger partial charge in [0.25, 0.3) is 5.91 Å². The number of phenolic OH excluding ortho intramolecular Hbond substituents is 1. The number of alkyl carbamates (subject to hydrolysis) is 1. The lowest BCUT2D eigenvalue weighted by Crippen LogP contribution is -2.53. The Labute approximate surface area is 225 Å². The molecular weight excluding hydrogens is 490 g/mol. The predicted octanol–water partition coefficient (Wildman–Crippen LogP) is 5.14. The Kier molecular flexibility index (Phi) is 10.9. The van der Waals surface area contributed by atoms with Gasteiger partial charge in [-0.15, -0.1) is 0 Å². The highest BCUT2D eigenvalue weighted by molar-refractivity contribution is 7.80. The number of rotatable bonds is 10. The Morgan fingerprint density at radius 1 is 1.05 bits per heavy atom. The highest BCUT2D eigenvalue weighted by atomic mass is 32.1. The van der Waals surface area contributed by atoms with Gasteiger partial charge in [-0.25, -0.2) is 4.79 Å². The number of benzene rings is 2. The average Bonchev–Trinajstić information content (AvgIpc) is 2.81. The van der Waals surface area contributed by atoms with E-state index in [2.05, 4.69) is 23.3 Å². The number of amides is 3. The molecule has 2 rings (SSSR count). The summed E-state index contributed by atoms with van der Waals surface area (Å²) in [4.78, 5) is 41.6. The van der Waals surface area contributed by atoms with Crippen molar-refractivity contribution in [3.8, 4) is 5.75 Å². The van der Waals surface area contributed by atoms with Gasteiger partial charge in [-0.1, -0.05) is 49.7 Å². The van der Waals surface area contributed by atoms with Crippen molar-refractivity contribution >= 4 is 36.2 Å². The molecule has 2 atom stereocenters. The molecular formula is C28H39N3O5S. The normalized spacial score (nSPS) is 12.8. The van der Waals surface area contributed by atoms with Gasteiger partial charge in [0.2, 0.25) is 5.91 Å². The van der Waals surface area contributed by atoms with Crippen LogP contribution < -0.4 is 10.6 Å². The number of phenols is 1. The number of aryl methyl sites for hydroxylation is 2. The molecule has 3 amide bonds. The van der Waals surface area contributed by atoms with Gasteiger partial charge in [-0.05, 0) is 58.2 Å². The van der Waals surface area contributed by atoms with E-state index >= 15 is 0 Å². The Hall–Kier alpha value is -3.20. The van der Waals surface area contributed by atoms with Crippen molar-refractivity contribution in [1.29, 1.82) is 0 Å². The molecule has 2 unspecified atom stereocenters. The maximum atomic E-state index is 13.9. The summed E-state index contributed by atoms with van der Waals surface area (Å²) in [5.74, 6) is -1.09. The fourth-order valence-corrected chi connectivity index (χ4v) is 4.15. The van der Waals surface area contributed by atoms with Gasteiger partial charge in [-0.2, -0.15) is 12.6 Å². The van der Waals surface area contributed by atoms with E-state index in [1.165, 1.54) is 11.0 Å². The van der Waals surface area contributed by atoms with Crippen molar-refractivity contribution in [1.82, 2.24) is 10.2 Å². The van der Waals surface area contributed by atoms with Gasteiger partial charge in [0.15, 0.2) is 0 Å². The highest BCUT2D eigenvalue weighted by Crippen LogP contribution is 2.32. The molecule has 0 aromatic heterocycles. The Morgan fingerprint density at radius 2 is 1.68 bits per heavy atom. The van der Waals surface area contributed by atoms with Crippen LogP contribution in [0.3, 0.4) is 0 Å². The van der Waals surface area contributed by atoms with E-state index in [9.17, 15) is 19.5 Å². The molecule has 202 valence electrons. The maximum Gasteiger partial charge on any atom is 0.408 e. The zero-order valence-electron chi connectivity index (χ0n) is 22.5. The molecule has 0 aliphatic rings. The summed E-state index contributed by atoms with van der Waals surface area (Å²) in [5.41, 5.74) is 1.92. The van der Waals surface area contributed by atoms with Crippen LogP contribution in [0.1, 0.15) is 63.3 Å². The predicted molar refractivity (Wildman–Crippen MR) is 149 cm³/mol. The summed E-state index contributed by atoms with van der Waals surface area (Å²) in [6, 6.07) is 9.93. The van der Waals surface area contributed by atoms with E-state index < -0.39 is 35.6 Å². The van der Waals surface area contributed by atoms with Crippen molar-refractivity contribution in [2.24, 2.45) is 0 Å². The number of nitrogens with one attached hydrogen (secondary N) is 2. The van der Waals surface area contributed by atoms with Gasteiger partial charge in [0.1, 0.15) is 23.4 Å². The minimum absolute atomic E-state index is 0.00723. The minimum atomic E-state index is -1.15. The molecule has 0 saturated heterocycles. The van der Waals surface area contributed by atoms with Crippen LogP contribution in [0.2, 0.25) is 0 Å². The number of aromatic hydroxyl groups is 1. The summed E-state index contributed by atoms with van der Waals surface area (Å²) >= 11 is 4.29. The van der Waals surface area contributed by atoms with Crippen molar-refractivity contribution in [3.05, 3.63) is 59.2 Å². The number of carbonyl (C=O) groups excluding carboxylic acids is 3. The van der Waals surface area contributed by atoms with E-state index in [0.717, 1.165) is 17.5 Å². The second kappa shape index (κ2) is 13.4. The molecule has 9 heteroatoms. The Balaban J connectivity index is 2.52. The smallest absolute Gasteiger partial charge is 0.408 e. The number of thiol groups is 1. The summed E-state index contributed by atoms with van der Waals surface area (Å²) in [7, 11) is 0. The quantitative estimate of drug-likeness (QED) is 0.319. The minimum Gasteiger partial charge on any atom is -0.508 e. The van der Waals surface area contributed by atoms with Gasteiger partial charge in [-0.3, -0.25) is 9.59 Å². The van der Waals surface area contributed by atoms with Gasteiger partial charge in [0.05, 0.1) is 0 Å². The van der Waals surface area contributed by atoms with E-state index in [-0.39, 0.29) is 23.6 Å². The van der Waals surface area contributed by atoms with Crippen LogP contribution in [0, 0.1) is 13.8 Å². The standard InChI is InChI=1S/C28H39N3O5S/c1-7-8-16-31(26(34)21(17-37)29-27(35)36-28(4,5)6)24(20-14-9-10-15-22(20)32)25(33)30-23-18(2)12-11-13-19(23)3/h9-15,21,24,32,37H,7-8,16-17H2,1-6H3,(H,29,35)(H,30,33). The number of hydrogen-bond acceptors (Lipinski definition) is 6. The second-order valence-corrected chi connectivity index (χ2v) is 10.3. The van der Waals surface area contributed by atoms with E-state index in [1.807, 2.05) is 39.0 Å². The number of ether oxygens (including phenoxy) is 1. The lowest BCUT2D eigenvalue weighted by atomic mass is 10.0. The summed E-state index contributed by atoms with van der Waals surface area (Å²) < 4.78 is 5.32. The van der Waals surface area contributed by atoms with E-state index in [4.69, 9.17) is 4.74 Å². The molecule has 0 fully saturated rings. The molecule has 0 aliphatic carbocycles. The zero-order valence-corrected chi connectivity index (χ0v) is 23.4. The van der Waals surface area contributed by atoms with Crippen LogP contribution in [0.4, 0.5) is 10.5 Å². The molecule has 8 nitrogen and oxygen atoms in total. The summed E-state index contributed by atoms with van der Waals surface area (Å²) in [6.45, 7) is 11.2. The first-order chi connectivity index (χ1) is 17.4. The third-order valence-corrected chi connectivity index (χ3v) is 6.09. The summed E-state index contributed by atoms with van der Waals surface area (Å²) in [6.07, 6.45) is 0.619. The van der Waals surface area contributed by atoms with Crippen LogP contribution in [-0.2, 0) is 14.3 Å². The number of carbonyl (C=O) groups is 3. The number of nitrogens with zero attached hydrogens (tertiary/aromatic N) is 1. The first-order valence-electron chi connectivity index (χ1n) is 12.4. The topological polar surface area (TPSA) is 108 Å². The maximum absolute atomic E-state index is 13.9. The largest absolute Gasteiger partial charge is 0.508 e. The molecule has 2 aromatic carbocycles. The van der Waals surface area contributed by atoms with Crippen LogP contribution in [0.5, 0.6) is 5.75 Å². The third kappa shape index (κ3) is 8.42. The second-order valence-electron chi connectivity index (χ2n) is 9.98. The SMILES string of the molecule is CCCCN(C(=O)C(CS)NC(=O)OC(C)(C)C)C(C(=O)Nc1c(C)cccc1C)c1ccccc1O. The molecule has 0 heterocycles. The fraction of sp³-hybridized carbons (Fsp3) is 0.464.